The molecule has 2 aliphatic rings. The molecule has 2 nitrogen and oxygen atoms in total. The maximum absolute atomic E-state index is 9.58. The predicted molar refractivity (Wildman–Crippen MR) is 58.1 cm³/mol. The fourth-order valence-corrected chi connectivity index (χ4v) is 2.31. The first-order valence-electron chi connectivity index (χ1n) is 5.99. The van der Waals surface area contributed by atoms with Gasteiger partial charge >= 0.3 is 0 Å². The van der Waals surface area contributed by atoms with Crippen LogP contribution in [0.25, 0.3) is 0 Å². The molecule has 2 N–H and O–H groups in total. The quantitative estimate of drug-likeness (QED) is 0.680. The Morgan fingerprint density at radius 1 is 1.21 bits per heavy atom. The molecule has 0 aromatic heterocycles. The van der Waals surface area contributed by atoms with Crippen molar-refractivity contribution in [2.24, 2.45) is 17.8 Å². The van der Waals surface area contributed by atoms with Crippen molar-refractivity contribution >= 4 is 0 Å². The summed E-state index contributed by atoms with van der Waals surface area (Å²) in [5.41, 5.74) is -0.558. The zero-order chi connectivity index (χ0) is 10.2. The molecule has 0 spiro atoms. The second kappa shape index (κ2) is 3.82. The van der Waals surface area contributed by atoms with Gasteiger partial charge in [-0.25, -0.2) is 0 Å². The van der Waals surface area contributed by atoms with Gasteiger partial charge in [0.25, 0.3) is 0 Å². The van der Waals surface area contributed by atoms with Crippen LogP contribution in [0.4, 0.5) is 0 Å². The van der Waals surface area contributed by atoms with Crippen LogP contribution in [0.3, 0.4) is 0 Å². The molecule has 14 heavy (non-hydrogen) atoms. The Morgan fingerprint density at radius 2 is 1.71 bits per heavy atom. The predicted octanol–water partition coefficient (Wildman–Crippen LogP) is 1.78. The summed E-state index contributed by atoms with van der Waals surface area (Å²) < 4.78 is 0. The molecule has 2 aliphatic carbocycles. The van der Waals surface area contributed by atoms with Crippen LogP contribution >= 0.6 is 0 Å². The van der Waals surface area contributed by atoms with Crippen molar-refractivity contribution in [3.8, 4) is 0 Å². The molecule has 0 unspecified atom stereocenters. The lowest BCUT2D eigenvalue weighted by Crippen LogP contribution is -2.37. The van der Waals surface area contributed by atoms with Crippen LogP contribution in [0.2, 0.25) is 0 Å². The van der Waals surface area contributed by atoms with Crippen molar-refractivity contribution in [3.05, 3.63) is 0 Å². The molecule has 2 fully saturated rings. The molecule has 2 saturated carbocycles. The van der Waals surface area contributed by atoms with Crippen LogP contribution in [0, 0.1) is 17.8 Å². The highest BCUT2D eigenvalue weighted by Gasteiger charge is 2.40. The molecule has 0 aliphatic heterocycles. The molecule has 0 atom stereocenters. The lowest BCUT2D eigenvalue weighted by Gasteiger charge is -2.21. The molecule has 0 radical (unpaired) electrons. The van der Waals surface area contributed by atoms with Crippen molar-refractivity contribution in [1.29, 1.82) is 0 Å². The Morgan fingerprint density at radius 3 is 2.07 bits per heavy atom. The largest absolute Gasteiger partial charge is 0.389 e. The number of hydrogen-bond acceptors (Lipinski definition) is 2. The average Bonchev–Trinajstić information content (AvgIpc) is 2.89. The average molecular weight is 197 g/mol. The fourth-order valence-electron chi connectivity index (χ4n) is 2.31. The lowest BCUT2D eigenvalue weighted by molar-refractivity contribution is 0.0780. The molecular weight excluding hydrogens is 174 g/mol. The highest BCUT2D eigenvalue weighted by atomic mass is 16.3. The van der Waals surface area contributed by atoms with E-state index in [0.29, 0.717) is 0 Å². The van der Waals surface area contributed by atoms with Gasteiger partial charge in [-0.2, -0.15) is 0 Å². The zero-order valence-corrected chi connectivity index (χ0v) is 9.42. The standard InChI is InChI=1S/C12H23NO/c1-12(2,14)8-13-7-11(9-3-4-9)10-5-6-10/h9-11,13-14H,3-8H2,1-2H3. The Labute approximate surface area is 87.1 Å². The van der Waals surface area contributed by atoms with E-state index >= 15 is 0 Å². The smallest absolute Gasteiger partial charge is 0.0715 e. The third kappa shape index (κ3) is 3.25. The van der Waals surface area contributed by atoms with Gasteiger partial charge in [-0.15, -0.1) is 0 Å². The number of hydrogen-bond donors (Lipinski definition) is 2. The molecule has 0 amide bonds. The maximum Gasteiger partial charge on any atom is 0.0715 e. The highest BCUT2D eigenvalue weighted by molar-refractivity contribution is 4.92. The van der Waals surface area contributed by atoms with Crippen molar-refractivity contribution in [2.45, 2.75) is 45.1 Å². The third-order valence-corrected chi connectivity index (χ3v) is 3.39. The van der Waals surface area contributed by atoms with Crippen LogP contribution < -0.4 is 5.32 Å². The minimum Gasteiger partial charge on any atom is -0.389 e. The van der Waals surface area contributed by atoms with E-state index in [9.17, 15) is 5.11 Å². The van der Waals surface area contributed by atoms with E-state index in [4.69, 9.17) is 0 Å². The van der Waals surface area contributed by atoms with Gasteiger partial charge in [-0.3, -0.25) is 0 Å². The van der Waals surface area contributed by atoms with Crippen LogP contribution in [0.15, 0.2) is 0 Å². The summed E-state index contributed by atoms with van der Waals surface area (Å²) in [7, 11) is 0. The van der Waals surface area contributed by atoms with E-state index in [-0.39, 0.29) is 0 Å². The summed E-state index contributed by atoms with van der Waals surface area (Å²) in [5.74, 6) is 2.94. The number of rotatable bonds is 6. The molecule has 0 bridgehead atoms. The Hall–Kier alpha value is -0.0800. The second-order valence-electron chi connectivity index (χ2n) is 5.78. The van der Waals surface area contributed by atoms with Gasteiger partial charge < -0.3 is 10.4 Å². The minimum absolute atomic E-state index is 0.558. The fraction of sp³-hybridized carbons (Fsp3) is 1.00. The molecule has 2 heteroatoms. The summed E-state index contributed by atoms with van der Waals surface area (Å²) in [6.07, 6.45) is 5.80. The molecule has 0 aromatic rings. The summed E-state index contributed by atoms with van der Waals surface area (Å²) in [5, 5.41) is 13.0. The van der Waals surface area contributed by atoms with E-state index in [2.05, 4.69) is 5.32 Å². The molecule has 0 saturated heterocycles. The zero-order valence-electron chi connectivity index (χ0n) is 9.42. The van der Waals surface area contributed by atoms with E-state index < -0.39 is 5.60 Å². The minimum atomic E-state index is -0.558. The van der Waals surface area contributed by atoms with Crippen LogP contribution in [-0.4, -0.2) is 23.8 Å². The molecule has 0 aromatic carbocycles. The van der Waals surface area contributed by atoms with Crippen molar-refractivity contribution in [3.63, 3.8) is 0 Å². The maximum atomic E-state index is 9.58. The molecular formula is C12H23NO. The SMILES string of the molecule is CC(C)(O)CNCC(C1CC1)C1CC1. The highest BCUT2D eigenvalue weighted by Crippen LogP contribution is 2.48. The summed E-state index contributed by atoms with van der Waals surface area (Å²) in [6.45, 7) is 5.58. The van der Waals surface area contributed by atoms with Crippen LogP contribution in [-0.2, 0) is 0 Å². The first kappa shape index (κ1) is 10.4. The topological polar surface area (TPSA) is 32.3 Å². The van der Waals surface area contributed by atoms with E-state index in [1.165, 1.54) is 25.7 Å². The first-order valence-corrected chi connectivity index (χ1v) is 5.99. The van der Waals surface area contributed by atoms with Crippen LogP contribution in [0.5, 0.6) is 0 Å². The molecule has 2 rings (SSSR count). The molecule has 0 heterocycles. The Kier molecular flexibility index (Phi) is 2.85. The third-order valence-electron chi connectivity index (χ3n) is 3.39. The number of aliphatic hydroxyl groups is 1. The van der Waals surface area contributed by atoms with Crippen molar-refractivity contribution < 1.29 is 5.11 Å². The van der Waals surface area contributed by atoms with E-state index in [1.54, 1.807) is 0 Å². The Bertz CT molecular complexity index is 177. The molecule has 82 valence electrons. The summed E-state index contributed by atoms with van der Waals surface area (Å²) in [4.78, 5) is 0. The van der Waals surface area contributed by atoms with Gasteiger partial charge in [0.1, 0.15) is 0 Å². The lowest BCUT2D eigenvalue weighted by atomic mass is 9.97. The monoisotopic (exact) mass is 197 g/mol. The van der Waals surface area contributed by atoms with Gasteiger partial charge in [-0.05, 0) is 63.8 Å². The van der Waals surface area contributed by atoms with Gasteiger partial charge in [0.2, 0.25) is 0 Å². The van der Waals surface area contributed by atoms with E-state index in [0.717, 1.165) is 30.8 Å². The van der Waals surface area contributed by atoms with Gasteiger partial charge in [0.15, 0.2) is 0 Å². The van der Waals surface area contributed by atoms with E-state index in [1.807, 2.05) is 13.8 Å². The summed E-state index contributed by atoms with van der Waals surface area (Å²) >= 11 is 0. The van der Waals surface area contributed by atoms with Gasteiger partial charge in [-0.1, -0.05) is 0 Å². The first-order chi connectivity index (χ1) is 6.56. The van der Waals surface area contributed by atoms with Crippen molar-refractivity contribution in [1.82, 2.24) is 5.32 Å². The Balaban J connectivity index is 1.67. The van der Waals surface area contributed by atoms with Gasteiger partial charge in [0, 0.05) is 6.54 Å². The van der Waals surface area contributed by atoms with Crippen molar-refractivity contribution in [2.75, 3.05) is 13.1 Å². The normalized spacial score (nSPS) is 23.1. The summed E-state index contributed by atoms with van der Waals surface area (Å²) in [6, 6.07) is 0. The van der Waals surface area contributed by atoms with Crippen LogP contribution in [0.1, 0.15) is 39.5 Å². The second-order valence-corrected chi connectivity index (χ2v) is 5.78. The number of nitrogens with one attached hydrogen (secondary N) is 1. The van der Waals surface area contributed by atoms with Gasteiger partial charge in [0.05, 0.1) is 5.60 Å².